The van der Waals surface area contributed by atoms with Gasteiger partial charge in [0.25, 0.3) is 0 Å². The van der Waals surface area contributed by atoms with Gasteiger partial charge in [-0.15, -0.1) is 11.3 Å². The fourth-order valence-corrected chi connectivity index (χ4v) is 2.93. The van der Waals surface area contributed by atoms with E-state index in [-0.39, 0.29) is 11.8 Å². The van der Waals surface area contributed by atoms with Crippen molar-refractivity contribution >= 4 is 17.3 Å². The van der Waals surface area contributed by atoms with E-state index in [1.165, 1.54) is 16.9 Å². The number of nitrogens with zero attached hydrogens (tertiary/aromatic N) is 1. The van der Waals surface area contributed by atoms with Crippen LogP contribution < -0.4 is 9.84 Å². The van der Waals surface area contributed by atoms with Crippen LogP contribution in [0.15, 0.2) is 29.6 Å². The van der Waals surface area contributed by atoms with Crippen LogP contribution in [0.25, 0.3) is 0 Å². The average Bonchev–Trinajstić information content (AvgIpc) is 2.85. The standard InChI is InChI=1S/C17H21NO3S/c1-17(2,3)13-6-4-5-7-14(13)21-9-8-15-18-12(11-22-15)10-16(19)20/h4-7,11H,8-10H2,1-3H3,(H,19,20)/p-1. The number of ether oxygens (including phenoxy) is 1. The molecule has 0 fully saturated rings. The third kappa shape index (κ3) is 4.56. The van der Waals surface area contributed by atoms with E-state index in [0.717, 1.165) is 10.8 Å². The normalized spacial score (nSPS) is 11.4. The van der Waals surface area contributed by atoms with Gasteiger partial charge < -0.3 is 14.6 Å². The van der Waals surface area contributed by atoms with Crippen LogP contribution >= 0.6 is 11.3 Å². The molecule has 1 heterocycles. The van der Waals surface area contributed by atoms with Crippen LogP contribution in [0.2, 0.25) is 0 Å². The molecule has 0 radical (unpaired) electrons. The van der Waals surface area contributed by atoms with Gasteiger partial charge in [-0.05, 0) is 17.0 Å². The summed E-state index contributed by atoms with van der Waals surface area (Å²) in [5.74, 6) is -0.214. The van der Waals surface area contributed by atoms with E-state index in [1.54, 1.807) is 5.38 Å². The second kappa shape index (κ2) is 6.92. The molecule has 0 aliphatic rings. The zero-order valence-electron chi connectivity index (χ0n) is 13.1. The van der Waals surface area contributed by atoms with Gasteiger partial charge in [-0.3, -0.25) is 0 Å². The lowest BCUT2D eigenvalue weighted by atomic mass is 9.86. The van der Waals surface area contributed by atoms with Crippen LogP contribution in [0.3, 0.4) is 0 Å². The Balaban J connectivity index is 1.94. The first-order valence-corrected chi connectivity index (χ1v) is 8.09. The summed E-state index contributed by atoms with van der Waals surface area (Å²) in [4.78, 5) is 14.8. The number of para-hydroxylation sites is 1. The van der Waals surface area contributed by atoms with Crippen molar-refractivity contribution in [1.29, 1.82) is 0 Å². The van der Waals surface area contributed by atoms with Gasteiger partial charge in [0.05, 0.1) is 17.3 Å². The molecule has 1 aromatic carbocycles. The van der Waals surface area contributed by atoms with Gasteiger partial charge >= 0.3 is 0 Å². The van der Waals surface area contributed by atoms with Crippen LogP contribution in [-0.2, 0) is 23.1 Å². The molecule has 118 valence electrons. The zero-order valence-corrected chi connectivity index (χ0v) is 13.9. The van der Waals surface area contributed by atoms with Crippen molar-refractivity contribution in [2.24, 2.45) is 0 Å². The smallest absolute Gasteiger partial charge is 0.123 e. The van der Waals surface area contributed by atoms with E-state index >= 15 is 0 Å². The maximum atomic E-state index is 10.5. The minimum atomic E-state index is -1.10. The Morgan fingerprint density at radius 1 is 1.32 bits per heavy atom. The minimum Gasteiger partial charge on any atom is -0.550 e. The molecule has 0 bridgehead atoms. The molecule has 0 saturated heterocycles. The van der Waals surface area contributed by atoms with Crippen molar-refractivity contribution in [2.45, 2.75) is 39.0 Å². The van der Waals surface area contributed by atoms with E-state index in [0.29, 0.717) is 18.7 Å². The highest BCUT2D eigenvalue weighted by Crippen LogP contribution is 2.31. The van der Waals surface area contributed by atoms with E-state index in [2.05, 4.69) is 31.8 Å². The zero-order chi connectivity index (χ0) is 16.2. The van der Waals surface area contributed by atoms with Gasteiger partial charge in [0, 0.05) is 24.2 Å². The lowest BCUT2D eigenvalue weighted by Gasteiger charge is -2.22. The summed E-state index contributed by atoms with van der Waals surface area (Å²) in [7, 11) is 0. The number of carbonyl (C=O) groups is 1. The molecule has 0 spiro atoms. The van der Waals surface area contributed by atoms with Crippen LogP contribution in [0, 0.1) is 0 Å². The summed E-state index contributed by atoms with van der Waals surface area (Å²) in [6.45, 7) is 6.98. The van der Waals surface area contributed by atoms with Crippen molar-refractivity contribution in [1.82, 2.24) is 4.98 Å². The molecule has 2 rings (SSSR count). The Kier molecular flexibility index (Phi) is 5.19. The first-order chi connectivity index (χ1) is 10.4. The molecule has 0 amide bonds. The molecule has 0 unspecified atom stereocenters. The van der Waals surface area contributed by atoms with Crippen LogP contribution in [0.4, 0.5) is 0 Å². The number of aliphatic carboxylic acids is 1. The summed E-state index contributed by atoms with van der Waals surface area (Å²) < 4.78 is 5.90. The number of thiazole rings is 1. The fourth-order valence-electron chi connectivity index (χ4n) is 2.15. The molecule has 0 aliphatic carbocycles. The Bertz CT molecular complexity index is 643. The maximum absolute atomic E-state index is 10.5. The molecule has 0 aliphatic heterocycles. The first-order valence-electron chi connectivity index (χ1n) is 7.21. The van der Waals surface area contributed by atoms with Gasteiger partial charge in [0.1, 0.15) is 5.75 Å². The van der Waals surface area contributed by atoms with E-state index in [1.807, 2.05) is 18.2 Å². The predicted molar refractivity (Wildman–Crippen MR) is 85.2 cm³/mol. The molecule has 0 N–H and O–H groups in total. The monoisotopic (exact) mass is 318 g/mol. The molecule has 0 saturated carbocycles. The summed E-state index contributed by atoms with van der Waals surface area (Å²) in [6, 6.07) is 8.03. The van der Waals surface area contributed by atoms with Crippen LogP contribution in [0.1, 0.15) is 37.0 Å². The molecule has 2 aromatic rings. The third-order valence-electron chi connectivity index (χ3n) is 3.19. The highest BCUT2D eigenvalue weighted by Gasteiger charge is 2.18. The molecule has 5 heteroatoms. The quantitative estimate of drug-likeness (QED) is 0.820. The Morgan fingerprint density at radius 3 is 2.73 bits per heavy atom. The summed E-state index contributed by atoms with van der Waals surface area (Å²) in [6.07, 6.45) is 0.528. The number of hydrogen-bond acceptors (Lipinski definition) is 5. The largest absolute Gasteiger partial charge is 0.550 e. The lowest BCUT2D eigenvalue weighted by molar-refractivity contribution is -0.304. The molecule has 4 nitrogen and oxygen atoms in total. The van der Waals surface area contributed by atoms with Crippen molar-refractivity contribution in [3.63, 3.8) is 0 Å². The van der Waals surface area contributed by atoms with Gasteiger partial charge in [0.15, 0.2) is 0 Å². The van der Waals surface area contributed by atoms with Gasteiger partial charge in [0.2, 0.25) is 0 Å². The van der Waals surface area contributed by atoms with E-state index in [4.69, 9.17) is 4.74 Å². The van der Waals surface area contributed by atoms with Gasteiger partial charge in [-0.1, -0.05) is 39.0 Å². The predicted octanol–water partition coefficient (Wildman–Crippen LogP) is 2.35. The molecular formula is C17H20NO3S-. The number of aromatic nitrogens is 1. The van der Waals surface area contributed by atoms with E-state index in [9.17, 15) is 9.90 Å². The summed E-state index contributed by atoms with van der Waals surface area (Å²) in [5.41, 5.74) is 1.75. The Hall–Kier alpha value is -1.88. The maximum Gasteiger partial charge on any atom is 0.123 e. The summed E-state index contributed by atoms with van der Waals surface area (Å²) in [5, 5.41) is 13.2. The molecule has 22 heavy (non-hydrogen) atoms. The number of carboxylic acids is 1. The SMILES string of the molecule is CC(C)(C)c1ccccc1OCCc1nc(CC(=O)[O-])cs1. The lowest BCUT2D eigenvalue weighted by Crippen LogP contribution is -2.24. The average molecular weight is 318 g/mol. The first kappa shape index (κ1) is 16.5. The highest BCUT2D eigenvalue weighted by molar-refractivity contribution is 7.09. The molecule has 1 aromatic heterocycles. The topological polar surface area (TPSA) is 62.2 Å². The Morgan fingerprint density at radius 2 is 2.05 bits per heavy atom. The van der Waals surface area contributed by atoms with Crippen molar-refractivity contribution < 1.29 is 14.6 Å². The molecular weight excluding hydrogens is 298 g/mol. The number of rotatable bonds is 6. The van der Waals surface area contributed by atoms with Gasteiger partial charge in [-0.2, -0.15) is 0 Å². The van der Waals surface area contributed by atoms with Crippen molar-refractivity contribution in [3.05, 3.63) is 45.9 Å². The third-order valence-corrected chi connectivity index (χ3v) is 4.15. The van der Waals surface area contributed by atoms with Crippen LogP contribution in [0.5, 0.6) is 5.75 Å². The number of hydrogen-bond donors (Lipinski definition) is 0. The molecule has 0 atom stereocenters. The van der Waals surface area contributed by atoms with Crippen LogP contribution in [-0.4, -0.2) is 17.6 Å². The number of carbonyl (C=O) groups excluding carboxylic acids is 1. The fraction of sp³-hybridized carbons (Fsp3) is 0.412. The van der Waals surface area contributed by atoms with Crippen molar-refractivity contribution in [3.8, 4) is 5.75 Å². The van der Waals surface area contributed by atoms with Gasteiger partial charge in [-0.25, -0.2) is 4.98 Å². The number of carboxylic acid groups (broad SMARTS) is 1. The Labute approximate surface area is 134 Å². The minimum absolute atomic E-state index is 0.0272. The second-order valence-corrected chi connectivity index (χ2v) is 7.07. The number of benzene rings is 1. The van der Waals surface area contributed by atoms with E-state index < -0.39 is 5.97 Å². The second-order valence-electron chi connectivity index (χ2n) is 6.13. The van der Waals surface area contributed by atoms with Crippen molar-refractivity contribution in [2.75, 3.05) is 6.61 Å². The highest BCUT2D eigenvalue weighted by atomic mass is 32.1. The summed E-state index contributed by atoms with van der Waals surface area (Å²) >= 11 is 1.45.